The van der Waals surface area contributed by atoms with Gasteiger partial charge in [-0.2, -0.15) is 10.5 Å². The third-order valence-corrected chi connectivity index (χ3v) is 3.68. The van der Waals surface area contributed by atoms with Gasteiger partial charge in [-0.3, -0.25) is 4.98 Å². The molecule has 1 heterocycles. The van der Waals surface area contributed by atoms with Crippen LogP contribution in [0.5, 0.6) is 0 Å². The number of rotatable bonds is 5. The second-order valence-electron chi connectivity index (χ2n) is 4.47. The second kappa shape index (κ2) is 7.42. The zero-order valence-electron chi connectivity index (χ0n) is 11.3. The highest BCUT2D eigenvalue weighted by molar-refractivity contribution is 9.10. The van der Waals surface area contributed by atoms with Crippen LogP contribution in [0.15, 0.2) is 47.2 Å². The van der Waals surface area contributed by atoms with Crippen molar-refractivity contribution in [1.82, 2.24) is 4.98 Å². The van der Waals surface area contributed by atoms with Crippen LogP contribution in [0.25, 0.3) is 0 Å². The van der Waals surface area contributed by atoms with Crippen LogP contribution in [0.1, 0.15) is 17.5 Å². The third-order valence-electron chi connectivity index (χ3n) is 3.03. The Bertz CT molecular complexity index is 686. The Labute approximate surface area is 132 Å². The molecule has 0 saturated heterocycles. The van der Waals surface area contributed by atoms with Crippen molar-refractivity contribution in [2.75, 3.05) is 11.4 Å². The lowest BCUT2D eigenvalue weighted by atomic mass is 10.2. The summed E-state index contributed by atoms with van der Waals surface area (Å²) in [6.45, 7) is 1.30. The smallest absolute Gasteiger partial charge is 0.100 e. The normalized spacial score (nSPS) is 9.67. The maximum Gasteiger partial charge on any atom is 0.100 e. The number of aromatic nitrogens is 1. The van der Waals surface area contributed by atoms with Crippen molar-refractivity contribution in [3.05, 3.63) is 58.3 Å². The highest BCUT2D eigenvalue weighted by Gasteiger charge is 2.09. The number of nitriles is 2. The fraction of sp³-hybridized carbons (Fsp3) is 0.188. The van der Waals surface area contributed by atoms with Crippen LogP contribution in [0.2, 0.25) is 0 Å². The van der Waals surface area contributed by atoms with Crippen LogP contribution >= 0.6 is 15.9 Å². The van der Waals surface area contributed by atoms with E-state index in [1.165, 1.54) is 0 Å². The lowest BCUT2D eigenvalue weighted by Gasteiger charge is -2.24. The van der Waals surface area contributed by atoms with Gasteiger partial charge in [0.05, 0.1) is 18.1 Å². The van der Waals surface area contributed by atoms with Crippen LogP contribution < -0.4 is 4.90 Å². The molecule has 0 N–H and O–H groups in total. The van der Waals surface area contributed by atoms with Gasteiger partial charge >= 0.3 is 0 Å². The van der Waals surface area contributed by atoms with E-state index in [-0.39, 0.29) is 0 Å². The van der Waals surface area contributed by atoms with Gasteiger partial charge in [-0.25, -0.2) is 0 Å². The summed E-state index contributed by atoms with van der Waals surface area (Å²) in [5.41, 5.74) is 2.65. The molecule has 1 aromatic heterocycles. The molecule has 0 amide bonds. The van der Waals surface area contributed by atoms with E-state index in [4.69, 9.17) is 10.5 Å². The van der Waals surface area contributed by atoms with E-state index in [1.807, 2.05) is 30.5 Å². The molecule has 0 aliphatic carbocycles. The lowest BCUT2D eigenvalue weighted by Crippen LogP contribution is -2.23. The molecule has 0 aliphatic rings. The number of halogens is 1. The second-order valence-corrected chi connectivity index (χ2v) is 5.32. The molecule has 0 spiro atoms. The number of benzene rings is 1. The minimum atomic E-state index is 0.442. The van der Waals surface area contributed by atoms with Crippen molar-refractivity contribution in [3.8, 4) is 12.1 Å². The highest BCUT2D eigenvalue weighted by atomic mass is 79.9. The molecule has 0 saturated carbocycles. The fourth-order valence-corrected chi connectivity index (χ4v) is 2.44. The van der Waals surface area contributed by atoms with Crippen molar-refractivity contribution < 1.29 is 0 Å². The minimum absolute atomic E-state index is 0.442. The van der Waals surface area contributed by atoms with Crippen molar-refractivity contribution in [2.24, 2.45) is 0 Å². The first-order valence-corrected chi connectivity index (χ1v) is 7.24. The van der Waals surface area contributed by atoms with E-state index in [0.717, 1.165) is 15.7 Å². The van der Waals surface area contributed by atoms with E-state index in [1.54, 1.807) is 12.3 Å². The largest absolute Gasteiger partial charge is 0.366 e. The standard InChI is InChI=1S/C16H13BrN4/c17-16-9-15(5-4-14(16)10-19)21(8-2-6-18)12-13-3-1-7-20-11-13/h1,3-5,7,9,11H,2,8,12H2. The Kier molecular flexibility index (Phi) is 5.31. The zero-order valence-corrected chi connectivity index (χ0v) is 12.9. The predicted molar refractivity (Wildman–Crippen MR) is 84.4 cm³/mol. The molecule has 2 aromatic rings. The van der Waals surface area contributed by atoms with Gasteiger partial charge in [0.25, 0.3) is 0 Å². The maximum absolute atomic E-state index is 8.98. The van der Waals surface area contributed by atoms with Crippen LogP contribution in [-0.2, 0) is 6.54 Å². The summed E-state index contributed by atoms with van der Waals surface area (Å²) in [5, 5.41) is 17.8. The van der Waals surface area contributed by atoms with E-state index in [2.05, 4.69) is 38.0 Å². The minimum Gasteiger partial charge on any atom is -0.366 e. The van der Waals surface area contributed by atoms with E-state index < -0.39 is 0 Å². The van der Waals surface area contributed by atoms with Gasteiger partial charge in [-0.05, 0) is 45.8 Å². The van der Waals surface area contributed by atoms with Gasteiger partial charge in [0.15, 0.2) is 0 Å². The Hall–Kier alpha value is -2.37. The molecule has 0 atom stereocenters. The highest BCUT2D eigenvalue weighted by Crippen LogP contribution is 2.25. The third kappa shape index (κ3) is 4.05. The number of anilines is 1. The van der Waals surface area contributed by atoms with Gasteiger partial charge < -0.3 is 4.90 Å². The van der Waals surface area contributed by atoms with Crippen molar-refractivity contribution in [2.45, 2.75) is 13.0 Å². The molecule has 5 heteroatoms. The van der Waals surface area contributed by atoms with Crippen LogP contribution in [-0.4, -0.2) is 11.5 Å². The SMILES string of the molecule is N#CCCN(Cc1cccnc1)c1ccc(C#N)c(Br)c1. The Morgan fingerprint density at radius 1 is 1.24 bits per heavy atom. The van der Waals surface area contributed by atoms with Crippen molar-refractivity contribution in [1.29, 1.82) is 10.5 Å². The molecule has 0 unspecified atom stereocenters. The number of hydrogen-bond acceptors (Lipinski definition) is 4. The maximum atomic E-state index is 8.98. The molecule has 21 heavy (non-hydrogen) atoms. The summed E-state index contributed by atoms with van der Waals surface area (Å²) in [4.78, 5) is 6.22. The van der Waals surface area contributed by atoms with Gasteiger partial charge in [0.1, 0.15) is 6.07 Å². The summed E-state index contributed by atoms with van der Waals surface area (Å²) in [5.74, 6) is 0. The average molecular weight is 341 g/mol. The van der Waals surface area contributed by atoms with Crippen molar-refractivity contribution >= 4 is 21.6 Å². The Balaban J connectivity index is 2.25. The van der Waals surface area contributed by atoms with E-state index >= 15 is 0 Å². The lowest BCUT2D eigenvalue weighted by molar-refractivity contribution is 0.795. The van der Waals surface area contributed by atoms with Crippen molar-refractivity contribution in [3.63, 3.8) is 0 Å². The molecular weight excluding hydrogens is 328 g/mol. The monoisotopic (exact) mass is 340 g/mol. The zero-order chi connectivity index (χ0) is 15.1. The molecule has 1 aromatic carbocycles. The predicted octanol–water partition coefficient (Wildman–Crippen LogP) is 3.64. The van der Waals surface area contributed by atoms with E-state index in [9.17, 15) is 0 Å². The molecule has 0 radical (unpaired) electrons. The number of hydrogen-bond donors (Lipinski definition) is 0. The first kappa shape index (κ1) is 15.0. The van der Waals surface area contributed by atoms with Gasteiger partial charge in [-0.15, -0.1) is 0 Å². The first-order valence-electron chi connectivity index (χ1n) is 6.45. The number of nitrogens with zero attached hydrogens (tertiary/aromatic N) is 4. The summed E-state index contributed by atoms with van der Waals surface area (Å²) in [6, 6.07) is 13.8. The van der Waals surface area contributed by atoms with E-state index in [0.29, 0.717) is 25.1 Å². The molecule has 0 aliphatic heterocycles. The summed E-state index contributed by atoms with van der Waals surface area (Å²) in [6.07, 6.45) is 4.00. The van der Waals surface area contributed by atoms with Crippen LogP contribution in [0, 0.1) is 22.7 Å². The molecule has 0 fully saturated rings. The topological polar surface area (TPSA) is 63.7 Å². The van der Waals surface area contributed by atoms with Gasteiger partial charge in [0, 0.05) is 35.6 Å². The summed E-state index contributed by atoms with van der Waals surface area (Å²) >= 11 is 3.40. The molecule has 2 rings (SSSR count). The Morgan fingerprint density at radius 3 is 2.71 bits per heavy atom. The fourth-order valence-electron chi connectivity index (χ4n) is 1.99. The molecule has 104 valence electrons. The average Bonchev–Trinajstić information content (AvgIpc) is 2.52. The van der Waals surface area contributed by atoms with Crippen LogP contribution in [0.3, 0.4) is 0 Å². The summed E-state index contributed by atoms with van der Waals surface area (Å²) in [7, 11) is 0. The molecule has 4 nitrogen and oxygen atoms in total. The number of pyridine rings is 1. The Morgan fingerprint density at radius 2 is 2.10 bits per heavy atom. The van der Waals surface area contributed by atoms with Gasteiger partial charge in [-0.1, -0.05) is 6.07 Å². The quantitative estimate of drug-likeness (QED) is 0.833. The molecular formula is C16H13BrN4. The molecule has 0 bridgehead atoms. The first-order chi connectivity index (χ1) is 10.2. The van der Waals surface area contributed by atoms with Crippen LogP contribution in [0.4, 0.5) is 5.69 Å². The summed E-state index contributed by atoms with van der Waals surface area (Å²) < 4.78 is 0.760. The van der Waals surface area contributed by atoms with Gasteiger partial charge in [0.2, 0.25) is 0 Å².